The molecule has 3 heteroatoms. The topological polar surface area (TPSA) is 29.5 Å². The van der Waals surface area contributed by atoms with E-state index in [0.29, 0.717) is 19.1 Å². The van der Waals surface area contributed by atoms with Crippen LogP contribution < -0.4 is 0 Å². The van der Waals surface area contributed by atoms with Crippen LogP contribution in [-0.2, 0) is 9.53 Å². The van der Waals surface area contributed by atoms with Gasteiger partial charge in [-0.25, -0.2) is 0 Å². The first kappa shape index (κ1) is 16.4. The fraction of sp³-hybridized carbons (Fsp3) is 0.929. The van der Waals surface area contributed by atoms with Crippen LogP contribution in [0.25, 0.3) is 0 Å². The Balaban J connectivity index is 3.44. The first-order chi connectivity index (χ1) is 7.91. The molecular weight excluding hydrogens is 214 g/mol. The van der Waals surface area contributed by atoms with Crippen molar-refractivity contribution in [3.63, 3.8) is 0 Å². The SMILES string of the molecule is CC(C)CCCC(C)CCOC(=O)CN(C)C. The molecule has 0 saturated carbocycles. The highest BCUT2D eigenvalue weighted by molar-refractivity contribution is 5.71. The Hall–Kier alpha value is -0.570. The lowest BCUT2D eigenvalue weighted by molar-refractivity contribution is -0.144. The average molecular weight is 243 g/mol. The standard InChI is InChI=1S/C14H29NO2/c1-12(2)7-6-8-13(3)9-10-17-14(16)11-15(4)5/h12-13H,6-11H2,1-5H3. The predicted molar refractivity (Wildman–Crippen MR) is 72.0 cm³/mol. The minimum absolute atomic E-state index is 0.121. The fourth-order valence-corrected chi connectivity index (χ4v) is 1.70. The molecule has 1 unspecified atom stereocenters. The smallest absolute Gasteiger partial charge is 0.320 e. The second-order valence-corrected chi connectivity index (χ2v) is 5.68. The van der Waals surface area contributed by atoms with Gasteiger partial charge in [0.25, 0.3) is 0 Å². The first-order valence-electron chi connectivity index (χ1n) is 6.72. The molecule has 0 rings (SSSR count). The summed E-state index contributed by atoms with van der Waals surface area (Å²) in [5.74, 6) is 1.32. The zero-order valence-corrected chi connectivity index (χ0v) is 12.2. The van der Waals surface area contributed by atoms with E-state index < -0.39 is 0 Å². The minimum Gasteiger partial charge on any atom is -0.465 e. The summed E-state index contributed by atoms with van der Waals surface area (Å²) in [6, 6.07) is 0. The van der Waals surface area contributed by atoms with E-state index in [2.05, 4.69) is 20.8 Å². The van der Waals surface area contributed by atoms with Crippen LogP contribution in [0.1, 0.15) is 46.5 Å². The van der Waals surface area contributed by atoms with Gasteiger partial charge >= 0.3 is 5.97 Å². The molecule has 1 atom stereocenters. The Morgan fingerprint density at radius 2 is 1.76 bits per heavy atom. The molecule has 0 heterocycles. The van der Waals surface area contributed by atoms with E-state index in [9.17, 15) is 4.79 Å². The third-order valence-corrected chi connectivity index (χ3v) is 2.80. The monoisotopic (exact) mass is 243 g/mol. The molecule has 17 heavy (non-hydrogen) atoms. The summed E-state index contributed by atoms with van der Waals surface area (Å²) in [4.78, 5) is 13.1. The summed E-state index contributed by atoms with van der Waals surface area (Å²) in [5, 5.41) is 0. The molecule has 0 aromatic carbocycles. The summed E-state index contributed by atoms with van der Waals surface area (Å²) in [5.41, 5.74) is 0. The minimum atomic E-state index is -0.121. The van der Waals surface area contributed by atoms with Gasteiger partial charge in [0.1, 0.15) is 0 Å². The molecule has 0 fully saturated rings. The molecule has 0 radical (unpaired) electrons. The van der Waals surface area contributed by atoms with Crippen molar-refractivity contribution in [2.24, 2.45) is 11.8 Å². The molecule has 0 bridgehead atoms. The van der Waals surface area contributed by atoms with Crippen LogP contribution >= 0.6 is 0 Å². The number of hydrogen-bond acceptors (Lipinski definition) is 3. The lowest BCUT2D eigenvalue weighted by Crippen LogP contribution is -2.24. The van der Waals surface area contributed by atoms with Gasteiger partial charge in [-0.3, -0.25) is 9.69 Å². The molecule has 3 nitrogen and oxygen atoms in total. The Morgan fingerprint density at radius 1 is 1.12 bits per heavy atom. The lowest BCUT2D eigenvalue weighted by Gasteiger charge is -2.13. The van der Waals surface area contributed by atoms with Crippen molar-refractivity contribution in [1.29, 1.82) is 0 Å². The molecule has 0 N–H and O–H groups in total. The Labute approximate surface area is 107 Å². The molecule has 0 aromatic rings. The van der Waals surface area contributed by atoms with E-state index in [1.807, 2.05) is 19.0 Å². The van der Waals surface area contributed by atoms with Gasteiger partial charge < -0.3 is 4.74 Å². The van der Waals surface area contributed by atoms with Crippen molar-refractivity contribution in [3.05, 3.63) is 0 Å². The maximum Gasteiger partial charge on any atom is 0.320 e. The largest absolute Gasteiger partial charge is 0.465 e. The second-order valence-electron chi connectivity index (χ2n) is 5.68. The van der Waals surface area contributed by atoms with E-state index in [4.69, 9.17) is 4.74 Å². The molecule has 0 saturated heterocycles. The Morgan fingerprint density at radius 3 is 2.29 bits per heavy atom. The van der Waals surface area contributed by atoms with Crippen molar-refractivity contribution in [2.75, 3.05) is 27.2 Å². The van der Waals surface area contributed by atoms with Crippen molar-refractivity contribution in [1.82, 2.24) is 4.90 Å². The number of nitrogens with zero attached hydrogens (tertiary/aromatic N) is 1. The summed E-state index contributed by atoms with van der Waals surface area (Å²) in [6.07, 6.45) is 4.80. The predicted octanol–water partition coefficient (Wildman–Crippen LogP) is 2.94. The third-order valence-electron chi connectivity index (χ3n) is 2.80. The van der Waals surface area contributed by atoms with Crippen molar-refractivity contribution in [2.45, 2.75) is 46.5 Å². The zero-order valence-electron chi connectivity index (χ0n) is 12.2. The van der Waals surface area contributed by atoms with Crippen LogP contribution in [0.2, 0.25) is 0 Å². The molecule has 0 aliphatic heterocycles. The van der Waals surface area contributed by atoms with Gasteiger partial charge in [0.05, 0.1) is 13.2 Å². The van der Waals surface area contributed by atoms with Crippen molar-refractivity contribution < 1.29 is 9.53 Å². The fourth-order valence-electron chi connectivity index (χ4n) is 1.70. The zero-order chi connectivity index (χ0) is 13.3. The Kier molecular flexibility index (Phi) is 9.14. The maximum absolute atomic E-state index is 11.3. The summed E-state index contributed by atoms with van der Waals surface area (Å²) >= 11 is 0. The normalized spacial score (nSPS) is 13.1. The number of esters is 1. The van der Waals surface area contributed by atoms with Gasteiger partial charge in [0.15, 0.2) is 0 Å². The van der Waals surface area contributed by atoms with Gasteiger partial charge in [-0.2, -0.15) is 0 Å². The van der Waals surface area contributed by atoms with Crippen molar-refractivity contribution in [3.8, 4) is 0 Å². The number of likely N-dealkylation sites (N-methyl/N-ethyl adjacent to an activating group) is 1. The molecule has 0 aliphatic rings. The Bertz CT molecular complexity index is 202. The molecule has 102 valence electrons. The van der Waals surface area contributed by atoms with Crippen LogP contribution in [0.3, 0.4) is 0 Å². The van der Waals surface area contributed by atoms with E-state index in [1.54, 1.807) is 0 Å². The molecular formula is C14H29NO2. The highest BCUT2D eigenvalue weighted by Gasteiger charge is 2.07. The average Bonchev–Trinajstić information content (AvgIpc) is 2.15. The lowest BCUT2D eigenvalue weighted by atomic mass is 9.98. The van der Waals surface area contributed by atoms with Crippen molar-refractivity contribution >= 4 is 5.97 Å². The molecule has 0 spiro atoms. The van der Waals surface area contributed by atoms with E-state index in [1.165, 1.54) is 19.3 Å². The number of ether oxygens (including phenoxy) is 1. The highest BCUT2D eigenvalue weighted by Crippen LogP contribution is 2.15. The van der Waals surface area contributed by atoms with Crippen LogP contribution in [0.5, 0.6) is 0 Å². The second kappa shape index (κ2) is 9.46. The van der Waals surface area contributed by atoms with Gasteiger partial charge in [-0.15, -0.1) is 0 Å². The van der Waals surface area contributed by atoms with E-state index in [-0.39, 0.29) is 5.97 Å². The van der Waals surface area contributed by atoms with Gasteiger partial charge in [0.2, 0.25) is 0 Å². The summed E-state index contributed by atoms with van der Waals surface area (Å²) in [6.45, 7) is 7.69. The number of carbonyl (C=O) groups is 1. The first-order valence-corrected chi connectivity index (χ1v) is 6.72. The number of carbonyl (C=O) groups excluding carboxylic acids is 1. The summed E-state index contributed by atoms with van der Waals surface area (Å²) in [7, 11) is 3.74. The molecule has 0 aliphatic carbocycles. The maximum atomic E-state index is 11.3. The number of hydrogen-bond donors (Lipinski definition) is 0. The quantitative estimate of drug-likeness (QED) is 0.583. The third kappa shape index (κ3) is 11.7. The van der Waals surface area contributed by atoms with Gasteiger partial charge in [-0.1, -0.05) is 40.0 Å². The number of rotatable bonds is 9. The van der Waals surface area contributed by atoms with Crippen LogP contribution in [0.15, 0.2) is 0 Å². The van der Waals surface area contributed by atoms with Crippen LogP contribution in [0, 0.1) is 11.8 Å². The highest BCUT2D eigenvalue weighted by atomic mass is 16.5. The molecule has 0 amide bonds. The molecule has 0 aromatic heterocycles. The van der Waals surface area contributed by atoms with Gasteiger partial charge in [0, 0.05) is 0 Å². The van der Waals surface area contributed by atoms with Crippen LogP contribution in [-0.4, -0.2) is 38.1 Å². The van der Waals surface area contributed by atoms with E-state index in [0.717, 1.165) is 12.3 Å². The van der Waals surface area contributed by atoms with E-state index >= 15 is 0 Å². The van der Waals surface area contributed by atoms with Crippen LogP contribution in [0.4, 0.5) is 0 Å². The summed E-state index contributed by atoms with van der Waals surface area (Å²) < 4.78 is 5.17. The van der Waals surface area contributed by atoms with Gasteiger partial charge in [-0.05, 0) is 32.4 Å².